The zero-order valence-corrected chi connectivity index (χ0v) is 24.3. The second kappa shape index (κ2) is 13.3. The molecule has 1 unspecified atom stereocenters. The van der Waals surface area contributed by atoms with Gasteiger partial charge >= 0.3 is 6.09 Å². The smallest absolute Gasteiger partial charge is 0.416 e. The van der Waals surface area contributed by atoms with Crippen molar-refractivity contribution in [3.8, 4) is 11.5 Å². The summed E-state index contributed by atoms with van der Waals surface area (Å²) in [4.78, 5) is 30.3. The summed E-state index contributed by atoms with van der Waals surface area (Å²) in [5, 5.41) is 14.4. The molecule has 220 valence electrons. The SMILES string of the molecule is COCC(=O)NCC(O)CCOc1ccc([C@H]2c3[nH]c4ccc(Cl)cc4c3CCN2C(=O)Oc2ccc(C)cc2)cc1. The first-order valence-electron chi connectivity index (χ1n) is 13.8. The molecule has 1 aliphatic rings. The maximum atomic E-state index is 13.5. The Morgan fingerprint density at radius 3 is 2.57 bits per heavy atom. The fourth-order valence-corrected chi connectivity index (χ4v) is 5.32. The van der Waals surface area contributed by atoms with Crippen LogP contribution in [0.4, 0.5) is 4.79 Å². The van der Waals surface area contributed by atoms with Crippen LogP contribution >= 0.6 is 11.6 Å². The number of nitrogens with zero attached hydrogens (tertiary/aromatic N) is 1. The summed E-state index contributed by atoms with van der Waals surface area (Å²) < 4.78 is 16.4. The molecule has 0 radical (unpaired) electrons. The van der Waals surface area contributed by atoms with Crippen LogP contribution in [-0.2, 0) is 16.0 Å². The Labute approximate surface area is 249 Å². The van der Waals surface area contributed by atoms with E-state index in [0.29, 0.717) is 35.9 Å². The molecule has 3 aromatic carbocycles. The van der Waals surface area contributed by atoms with Crippen molar-refractivity contribution >= 4 is 34.5 Å². The number of ether oxygens (including phenoxy) is 3. The second-order valence-electron chi connectivity index (χ2n) is 10.3. The number of hydrogen-bond acceptors (Lipinski definition) is 6. The quantitative estimate of drug-likeness (QED) is 0.235. The summed E-state index contributed by atoms with van der Waals surface area (Å²) in [7, 11) is 1.44. The van der Waals surface area contributed by atoms with Crippen LogP contribution in [0.5, 0.6) is 11.5 Å². The highest BCUT2D eigenvalue weighted by Gasteiger charge is 2.35. The molecule has 1 aromatic heterocycles. The third kappa shape index (κ3) is 6.87. The molecular formula is C32H34ClN3O6. The molecule has 10 heteroatoms. The van der Waals surface area contributed by atoms with Crippen molar-refractivity contribution in [1.29, 1.82) is 0 Å². The lowest BCUT2D eigenvalue weighted by Crippen LogP contribution is -2.42. The number of aryl methyl sites for hydroxylation is 1. The predicted molar refractivity (Wildman–Crippen MR) is 160 cm³/mol. The minimum Gasteiger partial charge on any atom is -0.493 e. The summed E-state index contributed by atoms with van der Waals surface area (Å²) in [6.07, 6.45) is -0.172. The molecule has 2 heterocycles. The molecule has 1 aliphatic heterocycles. The average molecular weight is 592 g/mol. The number of amides is 2. The number of H-pyrrole nitrogens is 1. The van der Waals surface area contributed by atoms with Crippen LogP contribution in [0.25, 0.3) is 10.9 Å². The van der Waals surface area contributed by atoms with Crippen molar-refractivity contribution in [3.63, 3.8) is 0 Å². The summed E-state index contributed by atoms with van der Waals surface area (Å²) in [6.45, 7) is 2.80. The fourth-order valence-electron chi connectivity index (χ4n) is 5.14. The monoisotopic (exact) mass is 591 g/mol. The van der Waals surface area contributed by atoms with Gasteiger partial charge in [-0.25, -0.2) is 4.79 Å². The molecule has 4 aromatic rings. The summed E-state index contributed by atoms with van der Waals surface area (Å²) in [5.41, 5.74) is 4.98. The van der Waals surface area contributed by atoms with E-state index in [0.717, 1.165) is 33.3 Å². The Morgan fingerprint density at radius 2 is 1.83 bits per heavy atom. The molecule has 2 atom stereocenters. The number of aliphatic hydroxyl groups is 1. The van der Waals surface area contributed by atoms with Gasteiger partial charge in [0.25, 0.3) is 0 Å². The second-order valence-corrected chi connectivity index (χ2v) is 10.8. The van der Waals surface area contributed by atoms with E-state index in [1.165, 1.54) is 7.11 Å². The van der Waals surface area contributed by atoms with Crippen molar-refractivity contribution in [2.75, 3.05) is 33.4 Å². The number of nitrogens with one attached hydrogen (secondary N) is 2. The molecular weight excluding hydrogens is 558 g/mol. The number of benzene rings is 3. The third-order valence-electron chi connectivity index (χ3n) is 7.28. The van der Waals surface area contributed by atoms with Crippen LogP contribution in [0.2, 0.25) is 5.02 Å². The van der Waals surface area contributed by atoms with Crippen LogP contribution in [0, 0.1) is 6.92 Å². The minimum atomic E-state index is -0.741. The Bertz CT molecular complexity index is 1540. The van der Waals surface area contributed by atoms with E-state index in [4.69, 9.17) is 25.8 Å². The van der Waals surface area contributed by atoms with Crippen molar-refractivity contribution in [3.05, 3.63) is 94.1 Å². The Morgan fingerprint density at radius 1 is 1.10 bits per heavy atom. The lowest BCUT2D eigenvalue weighted by atomic mass is 9.92. The van der Waals surface area contributed by atoms with E-state index in [1.54, 1.807) is 17.0 Å². The number of rotatable bonds is 10. The molecule has 0 bridgehead atoms. The Kier molecular flexibility index (Phi) is 9.31. The van der Waals surface area contributed by atoms with Crippen LogP contribution in [0.15, 0.2) is 66.7 Å². The van der Waals surface area contributed by atoms with Gasteiger partial charge in [0.15, 0.2) is 0 Å². The van der Waals surface area contributed by atoms with Gasteiger partial charge in [0.2, 0.25) is 5.91 Å². The number of aromatic nitrogens is 1. The van der Waals surface area contributed by atoms with Crippen LogP contribution in [0.3, 0.4) is 0 Å². The van der Waals surface area contributed by atoms with Crippen molar-refractivity contribution in [2.24, 2.45) is 0 Å². The molecule has 0 saturated carbocycles. The van der Waals surface area contributed by atoms with Gasteiger partial charge in [0, 0.05) is 48.2 Å². The van der Waals surface area contributed by atoms with Crippen molar-refractivity contribution in [2.45, 2.75) is 31.9 Å². The van der Waals surface area contributed by atoms with Crippen LogP contribution in [-0.4, -0.2) is 66.5 Å². The van der Waals surface area contributed by atoms with Crippen LogP contribution < -0.4 is 14.8 Å². The van der Waals surface area contributed by atoms with Crippen LogP contribution in [0.1, 0.15) is 34.8 Å². The van der Waals surface area contributed by atoms with Gasteiger partial charge in [0.05, 0.1) is 12.7 Å². The van der Waals surface area contributed by atoms with Gasteiger partial charge in [-0.05, 0) is 66.9 Å². The van der Waals surface area contributed by atoms with E-state index in [-0.39, 0.29) is 25.7 Å². The lowest BCUT2D eigenvalue weighted by Gasteiger charge is -2.35. The normalized spacial score (nSPS) is 15.2. The zero-order chi connectivity index (χ0) is 29.6. The maximum absolute atomic E-state index is 13.5. The van der Waals surface area contributed by atoms with Gasteiger partial charge in [0.1, 0.15) is 24.1 Å². The van der Waals surface area contributed by atoms with Gasteiger partial charge < -0.3 is 29.6 Å². The summed E-state index contributed by atoms with van der Waals surface area (Å²) in [6, 6.07) is 20.3. The number of aromatic amines is 1. The van der Waals surface area contributed by atoms with Crippen molar-refractivity contribution < 1.29 is 28.9 Å². The average Bonchev–Trinajstić information content (AvgIpc) is 3.35. The number of methoxy groups -OCH3 is 1. The minimum absolute atomic E-state index is 0.0502. The van der Waals surface area contributed by atoms with E-state index in [1.807, 2.05) is 61.5 Å². The fraction of sp³-hybridized carbons (Fsp3) is 0.312. The molecule has 9 nitrogen and oxygen atoms in total. The van der Waals surface area contributed by atoms with Gasteiger partial charge in [-0.3, -0.25) is 9.69 Å². The standard InChI is InChI=1S/C32H34ClN3O6/c1-20-3-8-25(9-4-20)42-32(39)36-15-13-26-27-17-22(33)7-12-28(27)35-30(26)31(36)21-5-10-24(11-6-21)41-16-14-23(37)18-34-29(38)19-40-2/h3-12,17,23,31,35,37H,13-16,18-19H2,1-2H3,(H,34,38)/t23?,31-/m0/s1. The Balaban J connectivity index is 1.33. The number of aliphatic hydroxyl groups excluding tert-OH is 1. The molecule has 5 rings (SSSR count). The van der Waals surface area contributed by atoms with E-state index >= 15 is 0 Å². The lowest BCUT2D eigenvalue weighted by molar-refractivity contribution is -0.125. The highest BCUT2D eigenvalue weighted by atomic mass is 35.5. The highest BCUT2D eigenvalue weighted by Crippen LogP contribution is 2.40. The van der Waals surface area contributed by atoms with E-state index in [2.05, 4.69) is 10.3 Å². The Hall–Kier alpha value is -4.05. The molecule has 0 aliphatic carbocycles. The molecule has 3 N–H and O–H groups in total. The predicted octanol–water partition coefficient (Wildman–Crippen LogP) is 5.17. The van der Waals surface area contributed by atoms with Gasteiger partial charge in [-0.1, -0.05) is 41.4 Å². The number of fused-ring (bicyclic) bond motifs is 3. The highest BCUT2D eigenvalue weighted by molar-refractivity contribution is 6.31. The first-order chi connectivity index (χ1) is 20.3. The van der Waals surface area contributed by atoms with Crippen molar-refractivity contribution in [1.82, 2.24) is 15.2 Å². The maximum Gasteiger partial charge on any atom is 0.416 e. The largest absolute Gasteiger partial charge is 0.493 e. The van der Waals surface area contributed by atoms with E-state index < -0.39 is 18.2 Å². The molecule has 0 saturated heterocycles. The number of hydrogen-bond donors (Lipinski definition) is 3. The zero-order valence-electron chi connectivity index (χ0n) is 23.6. The first kappa shape index (κ1) is 29.4. The third-order valence-corrected chi connectivity index (χ3v) is 7.51. The topological polar surface area (TPSA) is 113 Å². The first-order valence-corrected chi connectivity index (χ1v) is 14.2. The number of carbonyl (C=O) groups is 2. The molecule has 0 fully saturated rings. The number of carbonyl (C=O) groups excluding carboxylic acids is 2. The van der Waals surface area contributed by atoms with Gasteiger partial charge in [-0.15, -0.1) is 0 Å². The molecule has 2 amide bonds. The van der Waals surface area contributed by atoms with E-state index in [9.17, 15) is 14.7 Å². The number of halogens is 1. The molecule has 42 heavy (non-hydrogen) atoms. The summed E-state index contributed by atoms with van der Waals surface area (Å²) >= 11 is 6.32. The van der Waals surface area contributed by atoms with Gasteiger partial charge in [-0.2, -0.15) is 0 Å². The summed E-state index contributed by atoms with van der Waals surface area (Å²) in [5.74, 6) is 0.833. The molecule has 0 spiro atoms.